The van der Waals surface area contributed by atoms with Gasteiger partial charge in [0, 0.05) is 20.0 Å². The Labute approximate surface area is 78.1 Å². The average Bonchev–Trinajstić information content (AvgIpc) is 2.12. The minimum atomic E-state index is -2.92. The first-order valence-corrected chi connectivity index (χ1v) is 6.35. The van der Waals surface area contributed by atoms with Crippen LogP contribution in [0.25, 0.3) is 0 Å². The summed E-state index contributed by atoms with van der Waals surface area (Å²) in [7, 11) is -0.174. The first kappa shape index (κ1) is 12.2. The summed E-state index contributed by atoms with van der Waals surface area (Å²) in [6.45, 7) is 2.09. The molecule has 72 valence electrons. The van der Waals surface area contributed by atoms with Crippen LogP contribution >= 0.6 is 19.4 Å². The zero-order chi connectivity index (χ0) is 9.45. The maximum absolute atomic E-state index is 11.4. The largest absolute Gasteiger partial charge is 0.354 e. The van der Waals surface area contributed by atoms with Gasteiger partial charge in [-0.3, -0.25) is 4.57 Å². The van der Waals surface area contributed by atoms with Gasteiger partial charge in [0.1, 0.15) is 0 Å². The van der Waals surface area contributed by atoms with Crippen molar-refractivity contribution in [2.24, 2.45) is 0 Å². The van der Waals surface area contributed by atoms with Crippen LogP contribution in [0.5, 0.6) is 0 Å². The van der Waals surface area contributed by atoms with Crippen molar-refractivity contribution in [2.45, 2.75) is 13.3 Å². The van der Waals surface area contributed by atoms with Gasteiger partial charge in [0.05, 0.1) is 0 Å². The summed E-state index contributed by atoms with van der Waals surface area (Å²) in [6, 6.07) is 0. The molecule has 0 amide bonds. The highest BCUT2D eigenvalue weighted by Gasteiger charge is 2.14. The molecule has 0 aromatic carbocycles. The summed E-state index contributed by atoms with van der Waals surface area (Å²) in [4.78, 5) is 0. The zero-order valence-electron chi connectivity index (χ0n) is 7.65. The van der Waals surface area contributed by atoms with Crippen LogP contribution in [-0.2, 0) is 13.6 Å². The Bertz CT molecular complexity index is 173. The van der Waals surface area contributed by atoms with Gasteiger partial charge < -0.3 is 9.05 Å². The highest BCUT2D eigenvalue weighted by molar-refractivity contribution is 8.02. The lowest BCUT2D eigenvalue weighted by molar-refractivity contribution is 0.286. The predicted octanol–water partition coefficient (Wildman–Crippen LogP) is 3.09. The molecule has 0 heterocycles. The van der Waals surface area contributed by atoms with Crippen LogP contribution < -0.4 is 0 Å². The summed E-state index contributed by atoms with van der Waals surface area (Å²) < 4.78 is 20.8. The molecule has 12 heavy (non-hydrogen) atoms. The number of hydrogen-bond donors (Lipinski definition) is 0. The minimum Gasteiger partial charge on any atom is -0.309 e. The lowest BCUT2D eigenvalue weighted by Crippen LogP contribution is -1.82. The maximum atomic E-state index is 11.4. The second-order valence-electron chi connectivity index (χ2n) is 2.06. The van der Waals surface area contributed by atoms with Crippen molar-refractivity contribution in [3.8, 4) is 0 Å². The quantitative estimate of drug-likeness (QED) is 0.498. The third-order valence-electron chi connectivity index (χ3n) is 1.17. The Morgan fingerprint density at radius 2 is 2.00 bits per heavy atom. The number of rotatable bonds is 6. The summed E-state index contributed by atoms with van der Waals surface area (Å²) in [5.74, 6) is 2.50. The molecule has 0 aliphatic rings. The van der Waals surface area contributed by atoms with Gasteiger partial charge >= 0.3 is 7.60 Å². The molecular formula is C7H15O3PS. The van der Waals surface area contributed by atoms with E-state index in [1.807, 2.05) is 0 Å². The number of thioether (sulfide) groups is 1. The molecule has 0 aliphatic heterocycles. The van der Waals surface area contributed by atoms with Crippen molar-refractivity contribution < 1.29 is 13.6 Å². The Kier molecular flexibility index (Phi) is 6.86. The fourth-order valence-corrected chi connectivity index (χ4v) is 2.20. The molecular weight excluding hydrogens is 195 g/mol. The lowest BCUT2D eigenvalue weighted by atomic mass is 10.6. The van der Waals surface area contributed by atoms with Crippen LogP contribution in [0.15, 0.2) is 11.2 Å². The van der Waals surface area contributed by atoms with Crippen molar-refractivity contribution in [1.29, 1.82) is 0 Å². The van der Waals surface area contributed by atoms with Crippen LogP contribution in [0.1, 0.15) is 13.3 Å². The van der Waals surface area contributed by atoms with Gasteiger partial charge in [0.15, 0.2) is 0 Å². The van der Waals surface area contributed by atoms with Gasteiger partial charge in [-0.1, -0.05) is 6.92 Å². The molecule has 0 radical (unpaired) electrons. The van der Waals surface area contributed by atoms with Gasteiger partial charge in [-0.05, 0) is 17.6 Å². The number of hydrogen-bond acceptors (Lipinski definition) is 4. The second-order valence-corrected chi connectivity index (χ2v) is 5.18. The molecule has 0 aromatic rings. The SMILES string of the molecule is CCCS/C=C/P(=O)(OC)OC. The Morgan fingerprint density at radius 3 is 2.42 bits per heavy atom. The Morgan fingerprint density at radius 1 is 1.42 bits per heavy atom. The predicted molar refractivity (Wildman–Crippen MR) is 53.5 cm³/mol. The molecule has 0 saturated carbocycles. The minimum absolute atomic E-state index is 1.02. The summed E-state index contributed by atoms with van der Waals surface area (Å²) in [5.41, 5.74) is 0. The fraction of sp³-hybridized carbons (Fsp3) is 0.714. The van der Waals surface area contributed by atoms with Crippen molar-refractivity contribution in [3.05, 3.63) is 11.2 Å². The fourth-order valence-electron chi connectivity index (χ4n) is 0.500. The van der Waals surface area contributed by atoms with E-state index in [4.69, 9.17) is 9.05 Å². The van der Waals surface area contributed by atoms with Crippen LogP contribution in [0.2, 0.25) is 0 Å². The van der Waals surface area contributed by atoms with Crippen LogP contribution in [0.4, 0.5) is 0 Å². The smallest absolute Gasteiger partial charge is 0.309 e. The summed E-state index contributed by atoms with van der Waals surface area (Å²) >= 11 is 1.60. The lowest BCUT2D eigenvalue weighted by Gasteiger charge is -2.07. The molecule has 0 atom stereocenters. The third-order valence-corrected chi connectivity index (χ3v) is 3.88. The molecule has 0 unspecified atom stereocenters. The Balaban J connectivity index is 3.85. The van der Waals surface area contributed by atoms with Crippen molar-refractivity contribution >= 4 is 19.4 Å². The standard InChI is InChI=1S/C7H15O3PS/c1-4-6-12-7-5-11(8,9-2)10-3/h5,7H,4,6H2,1-3H3/b7-5+. The van der Waals surface area contributed by atoms with Gasteiger partial charge in [-0.25, -0.2) is 0 Å². The van der Waals surface area contributed by atoms with Crippen LogP contribution in [-0.4, -0.2) is 20.0 Å². The molecule has 0 aliphatic carbocycles. The first-order chi connectivity index (χ1) is 5.68. The first-order valence-electron chi connectivity index (χ1n) is 3.69. The topological polar surface area (TPSA) is 35.5 Å². The van der Waals surface area contributed by atoms with E-state index in [1.165, 1.54) is 20.0 Å². The van der Waals surface area contributed by atoms with E-state index >= 15 is 0 Å². The monoisotopic (exact) mass is 210 g/mol. The second kappa shape index (κ2) is 6.72. The van der Waals surface area contributed by atoms with Crippen molar-refractivity contribution in [2.75, 3.05) is 20.0 Å². The van der Waals surface area contributed by atoms with Gasteiger partial charge in [-0.2, -0.15) is 0 Å². The Hall–Kier alpha value is 0.240. The molecule has 0 aromatic heterocycles. The summed E-state index contributed by atoms with van der Waals surface area (Å²) in [6.07, 6.45) is 1.10. The van der Waals surface area contributed by atoms with E-state index < -0.39 is 7.60 Å². The van der Waals surface area contributed by atoms with E-state index in [0.717, 1.165) is 12.2 Å². The van der Waals surface area contributed by atoms with E-state index in [-0.39, 0.29) is 0 Å². The van der Waals surface area contributed by atoms with Crippen molar-refractivity contribution in [3.63, 3.8) is 0 Å². The van der Waals surface area contributed by atoms with Gasteiger partial charge in [0.25, 0.3) is 0 Å². The normalized spacial score (nSPS) is 12.6. The highest BCUT2D eigenvalue weighted by Crippen LogP contribution is 2.48. The maximum Gasteiger partial charge on any atom is 0.354 e. The van der Waals surface area contributed by atoms with E-state index in [2.05, 4.69) is 6.92 Å². The molecule has 0 rings (SSSR count). The molecule has 5 heteroatoms. The molecule has 3 nitrogen and oxygen atoms in total. The molecule has 0 spiro atoms. The third kappa shape index (κ3) is 4.99. The molecule has 0 N–H and O–H groups in total. The van der Waals surface area contributed by atoms with Crippen LogP contribution in [0, 0.1) is 0 Å². The molecule has 0 saturated heterocycles. The molecule has 0 bridgehead atoms. The summed E-state index contributed by atoms with van der Waals surface area (Å²) in [5, 5.41) is 1.76. The van der Waals surface area contributed by atoms with E-state index in [0.29, 0.717) is 0 Å². The van der Waals surface area contributed by atoms with Gasteiger partial charge in [0.2, 0.25) is 0 Å². The van der Waals surface area contributed by atoms with Gasteiger partial charge in [-0.15, -0.1) is 11.8 Å². The highest BCUT2D eigenvalue weighted by atomic mass is 32.2. The van der Waals surface area contributed by atoms with Crippen LogP contribution in [0.3, 0.4) is 0 Å². The zero-order valence-corrected chi connectivity index (χ0v) is 9.36. The van der Waals surface area contributed by atoms with E-state index in [1.54, 1.807) is 17.2 Å². The average molecular weight is 210 g/mol. The van der Waals surface area contributed by atoms with Crippen molar-refractivity contribution in [1.82, 2.24) is 0 Å². The van der Waals surface area contributed by atoms with E-state index in [9.17, 15) is 4.57 Å². The molecule has 0 fully saturated rings.